The van der Waals surface area contributed by atoms with E-state index in [4.69, 9.17) is 28.4 Å². The van der Waals surface area contributed by atoms with Crippen LogP contribution >= 0.6 is 0 Å². The van der Waals surface area contributed by atoms with Crippen molar-refractivity contribution in [3.63, 3.8) is 0 Å². The van der Waals surface area contributed by atoms with Gasteiger partial charge in [-0.25, -0.2) is 0 Å². The maximum atomic E-state index is 10.8. The molecular weight excluding hydrogens is 424 g/mol. The highest BCUT2D eigenvalue weighted by Gasteiger charge is 2.47. The summed E-state index contributed by atoms with van der Waals surface area (Å²) in [6, 6.07) is 0. The Balaban J connectivity index is 2.02. The fraction of sp³-hybridized carbons (Fsp3) is 0.769. The Morgan fingerprint density at radius 2 is 1.67 bits per heavy atom. The van der Waals surface area contributed by atoms with Crippen LogP contribution in [0.3, 0.4) is 0 Å². The number of aliphatic hydroxyl groups is 1. The molecule has 1 aliphatic carbocycles. The number of allylic oxidation sites excluding steroid dienone is 3. The second-order valence-corrected chi connectivity index (χ2v) is 9.10. The van der Waals surface area contributed by atoms with Gasteiger partial charge in [0.05, 0.1) is 12.2 Å². The molecule has 1 N–H and O–H groups in total. The zero-order valence-corrected chi connectivity index (χ0v) is 21.7. The molecule has 0 saturated carbocycles. The van der Waals surface area contributed by atoms with Crippen molar-refractivity contribution in [2.45, 2.75) is 77.0 Å². The second-order valence-electron chi connectivity index (χ2n) is 9.10. The molecule has 0 radical (unpaired) electrons. The first-order valence-corrected chi connectivity index (χ1v) is 11.8. The molecule has 7 nitrogen and oxygen atoms in total. The van der Waals surface area contributed by atoms with E-state index >= 15 is 0 Å². The largest absolute Gasteiger partial charge is 0.388 e. The first-order chi connectivity index (χ1) is 15.8. The molecule has 0 unspecified atom stereocenters. The summed E-state index contributed by atoms with van der Waals surface area (Å²) in [6.07, 6.45) is 6.85. The normalized spacial score (nSPS) is 34.1. The zero-order chi connectivity index (χ0) is 24.7. The van der Waals surface area contributed by atoms with Gasteiger partial charge in [-0.15, -0.1) is 0 Å². The maximum Gasteiger partial charge on any atom is 0.186 e. The van der Waals surface area contributed by atoms with Gasteiger partial charge in [0, 0.05) is 47.4 Å². The summed E-state index contributed by atoms with van der Waals surface area (Å²) >= 11 is 0. The third kappa shape index (κ3) is 6.54. The van der Waals surface area contributed by atoms with Gasteiger partial charge in [-0.05, 0) is 30.4 Å². The molecular formula is C26H44O7. The van der Waals surface area contributed by atoms with Gasteiger partial charge >= 0.3 is 0 Å². The lowest BCUT2D eigenvalue weighted by molar-refractivity contribution is -0.295. The molecule has 0 aromatic rings. The Bertz CT molecular complexity index is 684. The fourth-order valence-corrected chi connectivity index (χ4v) is 4.92. The summed E-state index contributed by atoms with van der Waals surface area (Å²) < 4.78 is 34.2. The minimum atomic E-state index is -0.566. The van der Waals surface area contributed by atoms with Gasteiger partial charge in [-0.1, -0.05) is 45.1 Å². The minimum Gasteiger partial charge on any atom is -0.388 e. The topological polar surface area (TPSA) is 75.6 Å². The van der Waals surface area contributed by atoms with Gasteiger partial charge in [0.25, 0.3) is 0 Å². The third-order valence-electron chi connectivity index (χ3n) is 7.11. The van der Waals surface area contributed by atoms with Crippen molar-refractivity contribution < 1.29 is 33.5 Å². The molecule has 10 atom stereocenters. The van der Waals surface area contributed by atoms with E-state index in [-0.39, 0.29) is 30.3 Å². The molecule has 0 aromatic heterocycles. The molecule has 1 aliphatic heterocycles. The summed E-state index contributed by atoms with van der Waals surface area (Å²) in [7, 11) is 8.23. The third-order valence-corrected chi connectivity index (χ3v) is 7.11. The predicted molar refractivity (Wildman–Crippen MR) is 128 cm³/mol. The van der Waals surface area contributed by atoms with Crippen LogP contribution in [0, 0.1) is 17.8 Å². The van der Waals surface area contributed by atoms with E-state index in [1.54, 1.807) is 35.5 Å². The lowest BCUT2D eigenvalue weighted by Crippen LogP contribution is -2.60. The summed E-state index contributed by atoms with van der Waals surface area (Å²) in [4.78, 5) is 0. The van der Waals surface area contributed by atoms with E-state index in [1.165, 1.54) is 0 Å². The highest BCUT2D eigenvalue weighted by atomic mass is 16.7. The summed E-state index contributed by atoms with van der Waals surface area (Å²) in [5, 5.41) is 10.8. The van der Waals surface area contributed by atoms with Crippen LogP contribution in [0.15, 0.2) is 35.5 Å². The molecule has 33 heavy (non-hydrogen) atoms. The van der Waals surface area contributed by atoms with E-state index in [9.17, 15) is 5.11 Å². The van der Waals surface area contributed by atoms with E-state index in [0.717, 1.165) is 17.6 Å². The predicted octanol–water partition coefficient (Wildman–Crippen LogP) is 3.52. The van der Waals surface area contributed by atoms with Crippen LogP contribution in [0.25, 0.3) is 0 Å². The van der Waals surface area contributed by atoms with Crippen LogP contribution in [-0.2, 0) is 28.4 Å². The van der Waals surface area contributed by atoms with Crippen LogP contribution in [0.4, 0.5) is 0 Å². The highest BCUT2D eigenvalue weighted by Crippen LogP contribution is 2.42. The van der Waals surface area contributed by atoms with Gasteiger partial charge in [0.2, 0.25) is 0 Å². The summed E-state index contributed by atoms with van der Waals surface area (Å²) in [6.45, 7) is 8.34. The van der Waals surface area contributed by atoms with Crippen LogP contribution < -0.4 is 0 Å². The molecule has 1 heterocycles. The van der Waals surface area contributed by atoms with E-state index < -0.39 is 18.5 Å². The van der Waals surface area contributed by atoms with Gasteiger partial charge in [-0.3, -0.25) is 0 Å². The van der Waals surface area contributed by atoms with Crippen LogP contribution in [-0.4, -0.2) is 83.6 Å². The Kier molecular flexibility index (Phi) is 11.2. The number of aliphatic hydroxyl groups excluding tert-OH is 1. The van der Waals surface area contributed by atoms with Gasteiger partial charge in [0.15, 0.2) is 6.29 Å². The lowest BCUT2D eigenvalue weighted by atomic mass is 9.90. The van der Waals surface area contributed by atoms with Crippen LogP contribution in [0.1, 0.15) is 34.1 Å². The van der Waals surface area contributed by atoms with Crippen molar-refractivity contribution in [2.75, 3.05) is 35.5 Å². The van der Waals surface area contributed by atoms with Crippen molar-refractivity contribution in [1.29, 1.82) is 0 Å². The standard InChI is InChI=1S/C26H44O7/c1-10-20(28-5)17(4)18-14-19(18)21(27)15(2)12-11-13-16(3)22-23(29-6)24(30-7)25(31-8)26(32-9)33-22/h11-15,17-18,20-27H,10H2,1-9H3/b12-11+,16-13+/t15-,17+,18+,20+,21+,22-,23-,24+,25-,26+/m1/s1. The Labute approximate surface area is 199 Å². The first kappa shape index (κ1) is 28.2. The summed E-state index contributed by atoms with van der Waals surface area (Å²) in [5.41, 5.74) is 2.09. The molecule has 0 aromatic carbocycles. The van der Waals surface area contributed by atoms with Gasteiger partial charge < -0.3 is 33.5 Å². The molecule has 190 valence electrons. The Morgan fingerprint density at radius 1 is 1.03 bits per heavy atom. The quantitative estimate of drug-likeness (QED) is 0.327. The number of methoxy groups -OCH3 is 5. The van der Waals surface area contributed by atoms with Crippen molar-refractivity contribution in [3.8, 4) is 0 Å². The molecule has 0 bridgehead atoms. The molecule has 1 fully saturated rings. The summed E-state index contributed by atoms with van der Waals surface area (Å²) in [5.74, 6) is 0.680. The average molecular weight is 469 g/mol. The smallest absolute Gasteiger partial charge is 0.186 e. The van der Waals surface area contributed by atoms with Crippen molar-refractivity contribution in [1.82, 2.24) is 0 Å². The maximum absolute atomic E-state index is 10.8. The second kappa shape index (κ2) is 13.1. The molecule has 7 heteroatoms. The first-order valence-electron chi connectivity index (χ1n) is 11.8. The van der Waals surface area contributed by atoms with Gasteiger partial charge in [-0.2, -0.15) is 0 Å². The zero-order valence-electron chi connectivity index (χ0n) is 21.7. The fourth-order valence-electron chi connectivity index (χ4n) is 4.92. The van der Waals surface area contributed by atoms with Gasteiger partial charge in [0.1, 0.15) is 24.4 Å². The minimum absolute atomic E-state index is 0.0121. The van der Waals surface area contributed by atoms with E-state index in [1.807, 2.05) is 32.1 Å². The van der Waals surface area contributed by atoms with Crippen molar-refractivity contribution in [3.05, 3.63) is 35.5 Å². The monoisotopic (exact) mass is 468 g/mol. The van der Waals surface area contributed by atoms with Crippen molar-refractivity contribution in [2.24, 2.45) is 17.8 Å². The number of hydrogen-bond donors (Lipinski definition) is 1. The van der Waals surface area contributed by atoms with Crippen LogP contribution in [0.5, 0.6) is 0 Å². The lowest BCUT2D eigenvalue weighted by Gasteiger charge is -2.44. The van der Waals surface area contributed by atoms with E-state index in [0.29, 0.717) is 11.8 Å². The van der Waals surface area contributed by atoms with E-state index in [2.05, 4.69) is 19.9 Å². The van der Waals surface area contributed by atoms with Crippen LogP contribution in [0.2, 0.25) is 0 Å². The SMILES string of the molecule is CC[C@H](OC)[C@@H](C)[C@@H]1C=C1[C@@H](O)[C@H](C)/C=C/C=C(\C)[C@H]1O[C@H](OC)[C@H](OC)[C@@H](OC)[C@@H]1OC. The number of ether oxygens (including phenoxy) is 6. The number of hydrogen-bond acceptors (Lipinski definition) is 7. The Hall–Kier alpha value is -1.06. The number of rotatable bonds is 13. The highest BCUT2D eigenvalue weighted by molar-refractivity contribution is 5.35. The molecule has 2 aliphatic rings. The average Bonchev–Trinajstić information content (AvgIpc) is 3.63. The molecule has 0 amide bonds. The molecule has 2 rings (SSSR count). The van der Waals surface area contributed by atoms with Crippen molar-refractivity contribution >= 4 is 0 Å². The Morgan fingerprint density at radius 3 is 2.18 bits per heavy atom. The molecule has 0 spiro atoms. The molecule has 1 saturated heterocycles.